The molecular formula is C21H28N6O3. The fourth-order valence-corrected chi connectivity index (χ4v) is 3.45. The fraction of sp³-hybridized carbons (Fsp3) is 0.429. The summed E-state index contributed by atoms with van der Waals surface area (Å²) in [5, 5.41) is 4.36. The fourth-order valence-electron chi connectivity index (χ4n) is 3.45. The number of aryl methyl sites for hydroxylation is 2. The van der Waals surface area contributed by atoms with Crippen molar-refractivity contribution >= 4 is 18.0 Å². The van der Waals surface area contributed by atoms with Gasteiger partial charge in [0, 0.05) is 29.9 Å². The van der Waals surface area contributed by atoms with E-state index in [-0.39, 0.29) is 24.5 Å². The van der Waals surface area contributed by atoms with Crippen LogP contribution in [0.15, 0.2) is 30.6 Å². The molecule has 160 valence electrons. The van der Waals surface area contributed by atoms with E-state index in [1.54, 1.807) is 0 Å². The monoisotopic (exact) mass is 412 g/mol. The molecule has 2 N–H and O–H groups in total. The number of benzene rings is 1. The van der Waals surface area contributed by atoms with E-state index in [4.69, 9.17) is 4.74 Å². The number of hydrazine groups is 1. The number of aromatic nitrogens is 3. The minimum Gasteiger partial charge on any atom is -0.378 e. The second kappa shape index (κ2) is 9.64. The third-order valence-electron chi connectivity index (χ3n) is 4.87. The number of nitrogens with zero attached hydrogens (tertiary/aromatic N) is 4. The molecule has 2 atom stereocenters. The van der Waals surface area contributed by atoms with Gasteiger partial charge in [0.25, 0.3) is 11.8 Å². The Labute approximate surface area is 176 Å². The summed E-state index contributed by atoms with van der Waals surface area (Å²) in [6.45, 7) is 9.43. The van der Waals surface area contributed by atoms with Crippen LogP contribution in [0.4, 0.5) is 0 Å². The first-order valence-corrected chi connectivity index (χ1v) is 9.92. The van der Waals surface area contributed by atoms with E-state index in [2.05, 4.69) is 27.0 Å². The first-order chi connectivity index (χ1) is 14.3. The number of carbonyl (C=O) groups excluding carboxylic acids is 2. The molecule has 2 amide bonds. The Hall–Kier alpha value is -3.04. The molecule has 0 radical (unpaired) electrons. The summed E-state index contributed by atoms with van der Waals surface area (Å²) >= 11 is 0. The highest BCUT2D eigenvalue weighted by Crippen LogP contribution is 2.18. The molecule has 3 rings (SSSR count). The molecule has 2 heterocycles. The molecule has 9 heteroatoms. The summed E-state index contributed by atoms with van der Waals surface area (Å²) in [5.74, 6) is -0.168. The summed E-state index contributed by atoms with van der Waals surface area (Å²) < 4.78 is 6.90. The molecule has 2 aromatic rings. The van der Waals surface area contributed by atoms with E-state index in [9.17, 15) is 9.59 Å². The van der Waals surface area contributed by atoms with Crippen LogP contribution >= 0.6 is 0 Å². The lowest BCUT2D eigenvalue weighted by Crippen LogP contribution is -2.54. The van der Waals surface area contributed by atoms with Gasteiger partial charge in [0.1, 0.15) is 6.33 Å². The van der Waals surface area contributed by atoms with Crippen molar-refractivity contribution in [2.24, 2.45) is 0 Å². The maximum absolute atomic E-state index is 12.1. The van der Waals surface area contributed by atoms with E-state index in [1.165, 1.54) is 23.3 Å². The molecule has 1 aromatic heterocycles. The summed E-state index contributed by atoms with van der Waals surface area (Å²) in [6.07, 6.45) is 4.28. The van der Waals surface area contributed by atoms with Crippen LogP contribution < -0.4 is 10.9 Å². The SMILES string of the molecule is Cc1cc(C)cc(-c2ncn(/C=C\C(=O)NNC(=O)CN3C(C)COCC3C)n2)c1. The van der Waals surface area contributed by atoms with Crippen LogP contribution in [0.25, 0.3) is 17.6 Å². The molecule has 0 spiro atoms. The number of ether oxygens (including phenoxy) is 1. The number of morpholine rings is 1. The smallest absolute Gasteiger partial charge is 0.263 e. The van der Waals surface area contributed by atoms with Gasteiger partial charge in [-0.2, -0.15) is 0 Å². The van der Waals surface area contributed by atoms with E-state index < -0.39 is 5.91 Å². The third kappa shape index (κ3) is 5.74. The lowest BCUT2D eigenvalue weighted by Gasteiger charge is -2.38. The summed E-state index contributed by atoms with van der Waals surface area (Å²) in [6, 6.07) is 6.39. The lowest BCUT2D eigenvalue weighted by molar-refractivity contribution is -0.130. The van der Waals surface area contributed by atoms with Gasteiger partial charge in [0.05, 0.1) is 19.8 Å². The van der Waals surface area contributed by atoms with Crippen LogP contribution in [0.2, 0.25) is 0 Å². The standard InChI is InChI=1S/C21H28N6O3/c1-14-7-15(2)9-18(8-14)21-22-13-26(25-21)6-5-19(28)23-24-20(29)10-27-16(3)11-30-12-17(27)4/h5-9,13,16-17H,10-12H2,1-4H3,(H,23,28)(H,24,29)/b6-5-. The molecule has 30 heavy (non-hydrogen) atoms. The van der Waals surface area contributed by atoms with Crippen LogP contribution in [0.5, 0.6) is 0 Å². The summed E-state index contributed by atoms with van der Waals surface area (Å²) in [7, 11) is 0. The first kappa shape index (κ1) is 21.7. The molecule has 2 unspecified atom stereocenters. The number of amides is 2. The van der Waals surface area contributed by atoms with E-state index in [0.29, 0.717) is 19.0 Å². The number of nitrogens with one attached hydrogen (secondary N) is 2. The molecule has 0 aliphatic carbocycles. The molecule has 1 aromatic carbocycles. The molecule has 0 saturated carbocycles. The average Bonchev–Trinajstić information content (AvgIpc) is 3.16. The predicted octanol–water partition coefficient (Wildman–Crippen LogP) is 1.29. The van der Waals surface area contributed by atoms with Crippen LogP contribution in [-0.2, 0) is 14.3 Å². The van der Waals surface area contributed by atoms with Crippen molar-refractivity contribution < 1.29 is 14.3 Å². The Morgan fingerprint density at radius 1 is 1.13 bits per heavy atom. The van der Waals surface area contributed by atoms with Crippen molar-refractivity contribution in [2.45, 2.75) is 39.8 Å². The van der Waals surface area contributed by atoms with Crippen LogP contribution in [-0.4, -0.2) is 63.3 Å². The minimum absolute atomic E-state index is 0.147. The molecule has 9 nitrogen and oxygen atoms in total. The second-order valence-electron chi connectivity index (χ2n) is 7.69. The zero-order valence-corrected chi connectivity index (χ0v) is 17.8. The summed E-state index contributed by atoms with van der Waals surface area (Å²) in [5.41, 5.74) is 8.00. The maximum Gasteiger partial charge on any atom is 0.263 e. The normalized spacial score (nSPS) is 19.7. The molecule has 1 aliphatic rings. The molecule has 1 aliphatic heterocycles. The first-order valence-electron chi connectivity index (χ1n) is 9.92. The number of hydrogen-bond donors (Lipinski definition) is 2. The summed E-state index contributed by atoms with van der Waals surface area (Å²) in [4.78, 5) is 30.5. The van der Waals surface area contributed by atoms with Crippen molar-refractivity contribution in [1.82, 2.24) is 30.5 Å². The Morgan fingerprint density at radius 2 is 1.80 bits per heavy atom. The van der Waals surface area contributed by atoms with Crippen molar-refractivity contribution in [2.75, 3.05) is 19.8 Å². The van der Waals surface area contributed by atoms with Gasteiger partial charge < -0.3 is 4.74 Å². The molecular weight excluding hydrogens is 384 g/mol. The number of carbonyl (C=O) groups is 2. The molecule has 1 fully saturated rings. The van der Waals surface area contributed by atoms with Crippen molar-refractivity contribution in [3.05, 3.63) is 41.7 Å². The second-order valence-corrected chi connectivity index (χ2v) is 7.69. The highest BCUT2D eigenvalue weighted by atomic mass is 16.5. The maximum atomic E-state index is 12.1. The number of rotatable bonds is 5. The minimum atomic E-state index is -0.463. The van der Waals surface area contributed by atoms with Gasteiger partial charge in [-0.1, -0.05) is 17.2 Å². The van der Waals surface area contributed by atoms with Crippen molar-refractivity contribution in [3.63, 3.8) is 0 Å². The Balaban J connectivity index is 1.50. The van der Waals surface area contributed by atoms with E-state index in [1.807, 2.05) is 44.7 Å². The zero-order chi connectivity index (χ0) is 21.7. The predicted molar refractivity (Wildman–Crippen MR) is 113 cm³/mol. The molecule has 0 bridgehead atoms. The van der Waals surface area contributed by atoms with Gasteiger partial charge in [0.2, 0.25) is 0 Å². The third-order valence-corrected chi connectivity index (χ3v) is 4.87. The lowest BCUT2D eigenvalue weighted by atomic mass is 10.1. The van der Waals surface area contributed by atoms with Gasteiger partial charge in [-0.25, -0.2) is 9.67 Å². The Kier molecular flexibility index (Phi) is 6.96. The van der Waals surface area contributed by atoms with Crippen molar-refractivity contribution in [3.8, 4) is 11.4 Å². The highest BCUT2D eigenvalue weighted by Gasteiger charge is 2.27. The average molecular weight is 412 g/mol. The van der Waals surface area contributed by atoms with Crippen LogP contribution in [0.1, 0.15) is 25.0 Å². The van der Waals surface area contributed by atoms with Gasteiger partial charge in [-0.3, -0.25) is 25.3 Å². The largest absolute Gasteiger partial charge is 0.378 e. The van der Waals surface area contributed by atoms with Crippen LogP contribution in [0, 0.1) is 13.8 Å². The topological polar surface area (TPSA) is 101 Å². The highest BCUT2D eigenvalue weighted by molar-refractivity contribution is 5.91. The zero-order valence-electron chi connectivity index (χ0n) is 17.8. The quantitative estimate of drug-likeness (QED) is 0.567. The van der Waals surface area contributed by atoms with E-state index >= 15 is 0 Å². The van der Waals surface area contributed by atoms with Gasteiger partial charge in [-0.15, -0.1) is 5.10 Å². The van der Waals surface area contributed by atoms with E-state index in [0.717, 1.165) is 16.7 Å². The Bertz CT molecular complexity index is 908. The Morgan fingerprint density at radius 3 is 2.47 bits per heavy atom. The van der Waals surface area contributed by atoms with Crippen LogP contribution in [0.3, 0.4) is 0 Å². The number of hydrogen-bond acceptors (Lipinski definition) is 6. The van der Waals surface area contributed by atoms with Crippen molar-refractivity contribution in [1.29, 1.82) is 0 Å². The van der Waals surface area contributed by atoms with Gasteiger partial charge in [-0.05, 0) is 39.8 Å². The van der Waals surface area contributed by atoms with Gasteiger partial charge in [0.15, 0.2) is 5.82 Å². The van der Waals surface area contributed by atoms with Gasteiger partial charge >= 0.3 is 0 Å². The molecule has 1 saturated heterocycles.